The van der Waals surface area contributed by atoms with E-state index < -0.39 is 12.1 Å². The molecular formula is C15H17Cl2N3O. The van der Waals surface area contributed by atoms with Crippen molar-refractivity contribution < 1.29 is 5.11 Å². The van der Waals surface area contributed by atoms with E-state index in [-0.39, 0.29) is 24.8 Å². The molecule has 3 rings (SSSR count). The molecule has 0 bridgehead atoms. The molecule has 2 unspecified atom stereocenters. The number of H-pyrrole nitrogens is 1. The maximum atomic E-state index is 10.4. The number of fused-ring (bicyclic) bond motifs is 1. The van der Waals surface area contributed by atoms with Gasteiger partial charge in [0.1, 0.15) is 0 Å². The van der Waals surface area contributed by atoms with Gasteiger partial charge in [-0.2, -0.15) is 0 Å². The maximum Gasteiger partial charge on any atom is 0.0983 e. The summed E-state index contributed by atoms with van der Waals surface area (Å²) in [5.41, 5.74) is 9.59. The monoisotopic (exact) mass is 325 g/mol. The summed E-state index contributed by atoms with van der Waals surface area (Å²) in [6, 6.07) is 14.8. The highest BCUT2D eigenvalue weighted by Gasteiger charge is 2.18. The van der Waals surface area contributed by atoms with E-state index in [1.165, 1.54) is 0 Å². The molecule has 2 atom stereocenters. The zero-order valence-corrected chi connectivity index (χ0v) is 12.8. The number of aromatic amines is 1. The molecule has 0 spiro atoms. The topological polar surface area (TPSA) is 74.9 Å². The van der Waals surface area contributed by atoms with E-state index in [0.717, 1.165) is 22.2 Å². The summed E-state index contributed by atoms with van der Waals surface area (Å²) in [5.74, 6) is 0. The SMILES string of the molecule is Cl.Cl.NC(c1ccccc1)C(O)c1ccc2nc[nH]c2c1. The van der Waals surface area contributed by atoms with Crippen LogP contribution in [0.5, 0.6) is 0 Å². The summed E-state index contributed by atoms with van der Waals surface area (Å²) in [4.78, 5) is 7.18. The van der Waals surface area contributed by atoms with Gasteiger partial charge < -0.3 is 15.8 Å². The van der Waals surface area contributed by atoms with E-state index in [0.29, 0.717) is 0 Å². The van der Waals surface area contributed by atoms with E-state index in [1.807, 2.05) is 48.5 Å². The van der Waals surface area contributed by atoms with Crippen LogP contribution in [-0.4, -0.2) is 15.1 Å². The second-order valence-corrected chi connectivity index (χ2v) is 4.56. The van der Waals surface area contributed by atoms with Crippen LogP contribution >= 0.6 is 24.8 Å². The lowest BCUT2D eigenvalue weighted by Crippen LogP contribution is -2.19. The number of nitrogens with one attached hydrogen (secondary N) is 1. The van der Waals surface area contributed by atoms with Crippen LogP contribution in [0.1, 0.15) is 23.3 Å². The fraction of sp³-hybridized carbons (Fsp3) is 0.133. The lowest BCUT2D eigenvalue weighted by atomic mass is 9.96. The predicted octanol–water partition coefficient (Wildman–Crippen LogP) is 3.14. The standard InChI is InChI=1S/C15H15N3O.2ClH/c16-14(10-4-2-1-3-5-10)15(19)11-6-7-12-13(8-11)18-9-17-12;;/h1-9,14-15,19H,16H2,(H,17,18);2*1H. The van der Waals surface area contributed by atoms with Crippen molar-refractivity contribution in [3.05, 3.63) is 66.0 Å². The number of aromatic nitrogens is 2. The van der Waals surface area contributed by atoms with Gasteiger partial charge in [-0.05, 0) is 23.3 Å². The molecule has 0 fully saturated rings. The third kappa shape index (κ3) is 3.54. The van der Waals surface area contributed by atoms with Crippen molar-refractivity contribution in [1.29, 1.82) is 0 Å². The third-order valence-corrected chi connectivity index (χ3v) is 3.31. The predicted molar refractivity (Wildman–Crippen MR) is 88.9 cm³/mol. The van der Waals surface area contributed by atoms with Crippen molar-refractivity contribution >= 4 is 35.8 Å². The molecule has 2 aromatic carbocycles. The van der Waals surface area contributed by atoms with Crippen molar-refractivity contribution in [3.63, 3.8) is 0 Å². The highest BCUT2D eigenvalue weighted by molar-refractivity contribution is 5.85. The van der Waals surface area contributed by atoms with Gasteiger partial charge in [0, 0.05) is 0 Å². The lowest BCUT2D eigenvalue weighted by Gasteiger charge is -2.19. The summed E-state index contributed by atoms with van der Waals surface area (Å²) in [5, 5.41) is 10.4. The Balaban J connectivity index is 0.00000110. The Morgan fingerprint density at radius 3 is 2.43 bits per heavy atom. The molecule has 3 aromatic rings. The molecule has 0 aliphatic carbocycles. The summed E-state index contributed by atoms with van der Waals surface area (Å²) < 4.78 is 0. The molecule has 0 amide bonds. The summed E-state index contributed by atoms with van der Waals surface area (Å²) in [7, 11) is 0. The Labute approximate surface area is 135 Å². The first-order chi connectivity index (χ1) is 9.25. The molecule has 21 heavy (non-hydrogen) atoms. The van der Waals surface area contributed by atoms with Gasteiger partial charge in [-0.3, -0.25) is 0 Å². The van der Waals surface area contributed by atoms with Crippen LogP contribution in [0.15, 0.2) is 54.9 Å². The van der Waals surface area contributed by atoms with Crippen LogP contribution in [0.3, 0.4) is 0 Å². The molecule has 0 aliphatic heterocycles. The summed E-state index contributed by atoms with van der Waals surface area (Å²) in [6.07, 6.45) is 0.896. The van der Waals surface area contributed by atoms with Crippen molar-refractivity contribution in [3.8, 4) is 0 Å². The Morgan fingerprint density at radius 1 is 1.00 bits per heavy atom. The van der Waals surface area contributed by atoms with Crippen LogP contribution in [0.25, 0.3) is 11.0 Å². The first-order valence-corrected chi connectivity index (χ1v) is 6.17. The third-order valence-electron chi connectivity index (χ3n) is 3.31. The number of benzene rings is 2. The number of nitrogens with zero attached hydrogens (tertiary/aromatic N) is 1. The number of aliphatic hydroxyl groups excluding tert-OH is 1. The van der Waals surface area contributed by atoms with Crippen LogP contribution in [-0.2, 0) is 0 Å². The minimum absolute atomic E-state index is 0. The Hall–Kier alpha value is -1.59. The number of aliphatic hydroxyl groups is 1. The van der Waals surface area contributed by atoms with E-state index in [1.54, 1.807) is 6.33 Å². The Morgan fingerprint density at radius 2 is 1.71 bits per heavy atom. The quantitative estimate of drug-likeness (QED) is 0.692. The van der Waals surface area contributed by atoms with Crippen molar-refractivity contribution in [1.82, 2.24) is 9.97 Å². The minimum atomic E-state index is -0.741. The zero-order chi connectivity index (χ0) is 13.2. The van der Waals surface area contributed by atoms with Gasteiger partial charge in [0.2, 0.25) is 0 Å². The van der Waals surface area contributed by atoms with E-state index in [2.05, 4.69) is 9.97 Å². The number of hydrogen-bond acceptors (Lipinski definition) is 3. The number of nitrogens with two attached hydrogens (primary N) is 1. The van der Waals surface area contributed by atoms with Gasteiger partial charge in [0.15, 0.2) is 0 Å². The van der Waals surface area contributed by atoms with Crippen molar-refractivity contribution in [2.45, 2.75) is 12.1 Å². The molecule has 0 saturated heterocycles. The zero-order valence-electron chi connectivity index (χ0n) is 11.1. The molecular weight excluding hydrogens is 309 g/mol. The largest absolute Gasteiger partial charge is 0.386 e. The first-order valence-electron chi connectivity index (χ1n) is 6.17. The van der Waals surface area contributed by atoms with Gasteiger partial charge in [-0.15, -0.1) is 24.8 Å². The van der Waals surface area contributed by atoms with E-state index in [4.69, 9.17) is 5.73 Å². The minimum Gasteiger partial charge on any atom is -0.386 e. The van der Waals surface area contributed by atoms with Gasteiger partial charge in [-0.25, -0.2) is 4.98 Å². The molecule has 4 N–H and O–H groups in total. The first kappa shape index (κ1) is 17.5. The average Bonchev–Trinajstić information content (AvgIpc) is 2.94. The van der Waals surface area contributed by atoms with E-state index >= 15 is 0 Å². The molecule has 1 aromatic heterocycles. The maximum absolute atomic E-state index is 10.4. The molecule has 112 valence electrons. The average molecular weight is 326 g/mol. The lowest BCUT2D eigenvalue weighted by molar-refractivity contribution is 0.147. The number of rotatable bonds is 3. The normalized spacial score (nSPS) is 13.0. The van der Waals surface area contributed by atoms with Gasteiger partial charge in [-0.1, -0.05) is 36.4 Å². The second kappa shape index (κ2) is 7.43. The highest BCUT2D eigenvalue weighted by atomic mass is 35.5. The van der Waals surface area contributed by atoms with Crippen molar-refractivity contribution in [2.75, 3.05) is 0 Å². The molecule has 6 heteroatoms. The molecule has 0 aliphatic rings. The molecule has 0 radical (unpaired) electrons. The van der Waals surface area contributed by atoms with Gasteiger partial charge in [0.05, 0.1) is 29.5 Å². The Bertz CT molecular complexity index is 687. The van der Waals surface area contributed by atoms with Crippen LogP contribution in [0.2, 0.25) is 0 Å². The van der Waals surface area contributed by atoms with Gasteiger partial charge >= 0.3 is 0 Å². The summed E-state index contributed by atoms with van der Waals surface area (Å²) >= 11 is 0. The summed E-state index contributed by atoms with van der Waals surface area (Å²) in [6.45, 7) is 0. The van der Waals surface area contributed by atoms with Crippen LogP contribution in [0, 0.1) is 0 Å². The number of halogens is 2. The number of imidazole rings is 1. The number of hydrogen-bond donors (Lipinski definition) is 3. The van der Waals surface area contributed by atoms with Crippen molar-refractivity contribution in [2.24, 2.45) is 5.73 Å². The second-order valence-electron chi connectivity index (χ2n) is 4.56. The van der Waals surface area contributed by atoms with Gasteiger partial charge in [0.25, 0.3) is 0 Å². The van der Waals surface area contributed by atoms with Crippen LogP contribution < -0.4 is 5.73 Å². The molecule has 0 saturated carbocycles. The fourth-order valence-corrected chi connectivity index (χ4v) is 2.20. The van der Waals surface area contributed by atoms with E-state index in [9.17, 15) is 5.11 Å². The van der Waals surface area contributed by atoms with Crippen LogP contribution in [0.4, 0.5) is 0 Å². The highest BCUT2D eigenvalue weighted by Crippen LogP contribution is 2.27. The molecule has 1 heterocycles. The fourth-order valence-electron chi connectivity index (χ4n) is 2.20. The molecule has 4 nitrogen and oxygen atoms in total. The smallest absolute Gasteiger partial charge is 0.0983 e. The Kier molecular flexibility index (Phi) is 6.18.